The van der Waals surface area contributed by atoms with Gasteiger partial charge in [0.15, 0.2) is 5.82 Å². The molecule has 0 saturated carbocycles. The molecule has 1 aromatic heterocycles. The third kappa shape index (κ3) is 3.49. The Hall–Kier alpha value is -1.65. The van der Waals surface area contributed by atoms with Crippen molar-refractivity contribution >= 4 is 11.7 Å². The van der Waals surface area contributed by atoms with Crippen LogP contribution in [0.5, 0.6) is 0 Å². The molecular weight excluding hydrogens is 202 g/mol. The van der Waals surface area contributed by atoms with Crippen molar-refractivity contribution in [2.75, 3.05) is 5.32 Å². The summed E-state index contributed by atoms with van der Waals surface area (Å²) >= 11 is 0. The molecule has 16 heavy (non-hydrogen) atoms. The maximum absolute atomic E-state index is 5.88. The van der Waals surface area contributed by atoms with Gasteiger partial charge in [-0.25, -0.2) is 9.97 Å². The van der Waals surface area contributed by atoms with Crippen molar-refractivity contribution in [2.24, 2.45) is 10.7 Å². The zero-order valence-corrected chi connectivity index (χ0v) is 10.2. The first kappa shape index (κ1) is 12.4. The van der Waals surface area contributed by atoms with Crippen molar-refractivity contribution in [1.29, 1.82) is 0 Å². The predicted octanol–water partition coefficient (Wildman–Crippen LogP) is 1.41. The maximum Gasteiger partial charge on any atom is 0.155 e. The minimum absolute atomic E-state index is 0.147. The molecule has 88 valence electrons. The largest absolute Gasteiger partial charge is 0.382 e. The van der Waals surface area contributed by atoms with Gasteiger partial charge >= 0.3 is 0 Å². The highest BCUT2D eigenvalue weighted by molar-refractivity contribution is 5.99. The van der Waals surface area contributed by atoms with Gasteiger partial charge in [0.05, 0.1) is 0 Å². The number of aromatic nitrogens is 2. The van der Waals surface area contributed by atoms with E-state index in [0.717, 1.165) is 0 Å². The molecule has 0 atom stereocenters. The summed E-state index contributed by atoms with van der Waals surface area (Å²) in [6, 6.07) is 0.427. The Kier molecular flexibility index (Phi) is 4.22. The van der Waals surface area contributed by atoms with Crippen LogP contribution in [0.3, 0.4) is 0 Å². The summed E-state index contributed by atoms with van der Waals surface area (Å²) in [4.78, 5) is 12.7. The van der Waals surface area contributed by atoms with E-state index in [1.54, 1.807) is 12.4 Å². The second-order valence-electron chi connectivity index (χ2n) is 4.16. The van der Waals surface area contributed by atoms with E-state index < -0.39 is 0 Å². The number of nitrogens with zero attached hydrogens (tertiary/aromatic N) is 3. The average molecular weight is 221 g/mol. The molecule has 1 heterocycles. The fourth-order valence-electron chi connectivity index (χ4n) is 1.24. The molecule has 0 radical (unpaired) electrons. The number of nitrogens with two attached hydrogens (primary N) is 1. The smallest absolute Gasteiger partial charge is 0.155 e. The van der Waals surface area contributed by atoms with Gasteiger partial charge in [0.25, 0.3) is 0 Å². The van der Waals surface area contributed by atoms with Crippen molar-refractivity contribution in [3.05, 3.63) is 18.1 Å². The Bertz CT molecular complexity index is 370. The highest BCUT2D eigenvalue weighted by Crippen LogP contribution is 2.09. The summed E-state index contributed by atoms with van der Waals surface area (Å²) in [5.41, 5.74) is 6.50. The molecule has 0 fully saturated rings. The Labute approximate surface area is 96.2 Å². The molecule has 0 aliphatic carbocycles. The zero-order chi connectivity index (χ0) is 12.1. The van der Waals surface area contributed by atoms with E-state index in [-0.39, 0.29) is 12.1 Å². The van der Waals surface area contributed by atoms with Gasteiger partial charge in [-0.15, -0.1) is 0 Å². The highest BCUT2D eigenvalue weighted by Gasteiger charge is 2.10. The lowest BCUT2D eigenvalue weighted by atomic mass is 10.3. The predicted molar refractivity (Wildman–Crippen MR) is 66.7 cm³/mol. The Morgan fingerprint density at radius 1 is 1.25 bits per heavy atom. The van der Waals surface area contributed by atoms with Gasteiger partial charge in [-0.1, -0.05) is 0 Å². The van der Waals surface area contributed by atoms with Crippen LogP contribution in [-0.2, 0) is 0 Å². The van der Waals surface area contributed by atoms with E-state index in [4.69, 9.17) is 5.73 Å². The van der Waals surface area contributed by atoms with Gasteiger partial charge in [-0.2, -0.15) is 0 Å². The van der Waals surface area contributed by atoms with E-state index >= 15 is 0 Å². The fourth-order valence-corrected chi connectivity index (χ4v) is 1.24. The lowest BCUT2D eigenvalue weighted by molar-refractivity contribution is 0.832. The van der Waals surface area contributed by atoms with Gasteiger partial charge < -0.3 is 11.1 Å². The van der Waals surface area contributed by atoms with Crippen LogP contribution in [0, 0.1) is 0 Å². The first-order valence-corrected chi connectivity index (χ1v) is 5.42. The van der Waals surface area contributed by atoms with Crippen molar-refractivity contribution in [3.8, 4) is 0 Å². The first-order chi connectivity index (χ1) is 7.50. The number of aliphatic imine (C=N–C) groups is 1. The van der Waals surface area contributed by atoms with Crippen molar-refractivity contribution in [2.45, 2.75) is 39.8 Å². The Balaban J connectivity index is 3.03. The van der Waals surface area contributed by atoms with E-state index in [2.05, 4.69) is 20.3 Å². The molecule has 0 amide bonds. The quantitative estimate of drug-likeness (QED) is 0.595. The first-order valence-electron chi connectivity index (χ1n) is 5.42. The summed E-state index contributed by atoms with van der Waals surface area (Å²) in [5, 5.41) is 3.19. The molecule has 5 heteroatoms. The molecule has 0 saturated heterocycles. The van der Waals surface area contributed by atoms with E-state index in [1.165, 1.54) is 0 Å². The standard InChI is InChI=1S/C11H19N5/c1-7(2)15-10(12)9-11(16-8(3)4)14-6-5-13-9/h5-8H,1-4H3,(H2,12,15)(H,14,16). The summed E-state index contributed by atoms with van der Waals surface area (Å²) in [7, 11) is 0. The van der Waals surface area contributed by atoms with Crippen LogP contribution in [-0.4, -0.2) is 27.9 Å². The third-order valence-corrected chi connectivity index (χ3v) is 1.76. The van der Waals surface area contributed by atoms with Crippen LogP contribution >= 0.6 is 0 Å². The van der Waals surface area contributed by atoms with Gasteiger partial charge in [-0.3, -0.25) is 4.99 Å². The number of hydrogen-bond donors (Lipinski definition) is 2. The second kappa shape index (κ2) is 5.44. The van der Waals surface area contributed by atoms with Crippen molar-refractivity contribution in [1.82, 2.24) is 9.97 Å². The molecule has 0 bridgehead atoms. The summed E-state index contributed by atoms with van der Waals surface area (Å²) in [6.45, 7) is 8.01. The number of hydrogen-bond acceptors (Lipinski definition) is 4. The minimum Gasteiger partial charge on any atom is -0.382 e. The van der Waals surface area contributed by atoms with Crippen molar-refractivity contribution in [3.63, 3.8) is 0 Å². The lowest BCUT2D eigenvalue weighted by Crippen LogP contribution is -2.22. The molecular formula is C11H19N5. The molecule has 5 nitrogen and oxygen atoms in total. The molecule has 3 N–H and O–H groups in total. The summed E-state index contributed by atoms with van der Waals surface area (Å²) < 4.78 is 0. The van der Waals surface area contributed by atoms with Crippen LogP contribution in [0.1, 0.15) is 33.4 Å². The minimum atomic E-state index is 0.147. The monoisotopic (exact) mass is 221 g/mol. The van der Waals surface area contributed by atoms with Gasteiger partial charge in [0.1, 0.15) is 11.5 Å². The average Bonchev–Trinajstić information content (AvgIpc) is 2.16. The van der Waals surface area contributed by atoms with E-state index in [9.17, 15) is 0 Å². The normalized spacial score (nSPS) is 12.2. The SMILES string of the molecule is CC(C)N=C(N)c1nccnc1NC(C)C. The second-order valence-corrected chi connectivity index (χ2v) is 4.16. The van der Waals surface area contributed by atoms with Crippen LogP contribution in [0.2, 0.25) is 0 Å². The highest BCUT2D eigenvalue weighted by atomic mass is 15.1. The molecule has 0 unspecified atom stereocenters. The maximum atomic E-state index is 5.88. The third-order valence-electron chi connectivity index (χ3n) is 1.76. The number of amidine groups is 1. The molecule has 1 rings (SSSR count). The van der Waals surface area contributed by atoms with Crippen LogP contribution in [0.4, 0.5) is 5.82 Å². The van der Waals surface area contributed by atoms with Crippen LogP contribution in [0.25, 0.3) is 0 Å². The van der Waals surface area contributed by atoms with Crippen LogP contribution < -0.4 is 11.1 Å². The summed E-state index contributed by atoms with van der Waals surface area (Å²) in [5.74, 6) is 1.10. The van der Waals surface area contributed by atoms with E-state index in [0.29, 0.717) is 17.3 Å². The summed E-state index contributed by atoms with van der Waals surface area (Å²) in [6.07, 6.45) is 3.25. The van der Waals surface area contributed by atoms with Crippen LogP contribution in [0.15, 0.2) is 17.4 Å². The van der Waals surface area contributed by atoms with Gasteiger partial charge in [0, 0.05) is 24.5 Å². The molecule has 1 aromatic rings. The van der Waals surface area contributed by atoms with Gasteiger partial charge in [0.2, 0.25) is 0 Å². The molecule has 0 spiro atoms. The topological polar surface area (TPSA) is 76.2 Å². The fraction of sp³-hybridized carbons (Fsp3) is 0.545. The Morgan fingerprint density at radius 2 is 1.88 bits per heavy atom. The van der Waals surface area contributed by atoms with Crippen molar-refractivity contribution < 1.29 is 0 Å². The number of nitrogens with one attached hydrogen (secondary N) is 1. The molecule has 0 aliphatic heterocycles. The van der Waals surface area contributed by atoms with E-state index in [1.807, 2.05) is 27.7 Å². The number of anilines is 1. The lowest BCUT2D eigenvalue weighted by Gasteiger charge is -2.12. The molecule has 0 aliphatic rings. The zero-order valence-electron chi connectivity index (χ0n) is 10.2. The molecule has 0 aromatic carbocycles. The number of rotatable bonds is 4. The van der Waals surface area contributed by atoms with Gasteiger partial charge in [-0.05, 0) is 27.7 Å². The Morgan fingerprint density at radius 3 is 2.44 bits per heavy atom.